The average Bonchev–Trinajstić information content (AvgIpc) is 2.96. The highest BCUT2D eigenvalue weighted by Crippen LogP contribution is 2.27. The van der Waals surface area contributed by atoms with Gasteiger partial charge in [0.15, 0.2) is 18.0 Å². The summed E-state index contributed by atoms with van der Waals surface area (Å²) >= 11 is 0. The number of hydrogen-bond acceptors (Lipinski definition) is 6. The van der Waals surface area contributed by atoms with Crippen molar-refractivity contribution in [1.82, 2.24) is 19.4 Å². The lowest BCUT2D eigenvalue weighted by atomic mass is 10.1. The van der Waals surface area contributed by atoms with Crippen LogP contribution in [0.25, 0.3) is 16.7 Å². The molecule has 3 heterocycles. The second kappa shape index (κ2) is 11.9. The van der Waals surface area contributed by atoms with Crippen LogP contribution in [0.3, 0.4) is 0 Å². The van der Waals surface area contributed by atoms with E-state index in [1.807, 2.05) is 36.1 Å². The number of benzene rings is 2. The van der Waals surface area contributed by atoms with E-state index in [1.165, 1.54) is 35.0 Å². The summed E-state index contributed by atoms with van der Waals surface area (Å²) in [4.78, 5) is 38.2. The maximum Gasteiger partial charge on any atom is 0.573 e. The van der Waals surface area contributed by atoms with Crippen molar-refractivity contribution in [2.45, 2.75) is 32.3 Å². The fourth-order valence-electron chi connectivity index (χ4n) is 4.77. The molecule has 0 fully saturated rings. The highest BCUT2D eigenvalue weighted by Gasteiger charge is 2.31. The number of phenols is 1. The third kappa shape index (κ3) is 6.80. The van der Waals surface area contributed by atoms with Crippen molar-refractivity contribution in [2.75, 3.05) is 0 Å². The van der Waals surface area contributed by atoms with Crippen LogP contribution in [0.5, 0.6) is 11.5 Å². The molecular formula is C31H27F3N5O4+. The molecule has 1 N–H and O–H groups in total. The minimum absolute atomic E-state index is 0.0159. The zero-order valence-corrected chi connectivity index (χ0v) is 23.2. The van der Waals surface area contributed by atoms with Crippen LogP contribution in [-0.2, 0) is 24.8 Å². The van der Waals surface area contributed by atoms with Gasteiger partial charge in [0.2, 0.25) is 5.91 Å². The van der Waals surface area contributed by atoms with Gasteiger partial charge < -0.3 is 14.7 Å². The highest BCUT2D eigenvalue weighted by molar-refractivity contribution is 5.79. The fraction of sp³-hybridized carbons (Fsp3) is 0.194. The van der Waals surface area contributed by atoms with E-state index in [4.69, 9.17) is 4.98 Å². The van der Waals surface area contributed by atoms with E-state index < -0.39 is 23.7 Å². The van der Waals surface area contributed by atoms with E-state index in [1.54, 1.807) is 36.1 Å². The highest BCUT2D eigenvalue weighted by atomic mass is 19.4. The number of nitrogens with zero attached hydrogens (tertiary/aromatic N) is 5. The van der Waals surface area contributed by atoms with Crippen LogP contribution >= 0.6 is 0 Å². The van der Waals surface area contributed by atoms with E-state index in [0.717, 1.165) is 17.7 Å². The molecule has 43 heavy (non-hydrogen) atoms. The lowest BCUT2D eigenvalue weighted by Crippen LogP contribution is -2.38. The summed E-state index contributed by atoms with van der Waals surface area (Å²) in [7, 11) is 1.85. The second-order valence-corrected chi connectivity index (χ2v) is 9.95. The minimum Gasteiger partial charge on any atom is -0.508 e. The number of pyridine rings is 2. The smallest absolute Gasteiger partial charge is 0.508 e. The van der Waals surface area contributed by atoms with Crippen molar-refractivity contribution in [3.63, 3.8) is 0 Å². The number of aromatic hydroxyl groups is 1. The minimum atomic E-state index is -4.83. The Kier molecular flexibility index (Phi) is 8.11. The Morgan fingerprint density at radius 1 is 1.05 bits per heavy atom. The lowest BCUT2D eigenvalue weighted by Gasteiger charge is -2.30. The zero-order valence-electron chi connectivity index (χ0n) is 23.2. The first kappa shape index (κ1) is 29.2. The van der Waals surface area contributed by atoms with Gasteiger partial charge in [-0.3, -0.25) is 14.2 Å². The molecule has 2 aromatic carbocycles. The van der Waals surface area contributed by atoms with Crippen LogP contribution in [0.2, 0.25) is 0 Å². The first-order valence-electron chi connectivity index (χ1n) is 13.2. The summed E-state index contributed by atoms with van der Waals surface area (Å²) in [5.74, 6) is -0.487. The number of phenolic OH excluding ortho intramolecular Hbond substituents is 1. The molecule has 0 saturated carbocycles. The molecule has 12 heteroatoms. The van der Waals surface area contributed by atoms with Gasteiger partial charge in [0.1, 0.15) is 24.4 Å². The van der Waals surface area contributed by atoms with Crippen molar-refractivity contribution >= 4 is 16.9 Å². The quantitative estimate of drug-likeness (QED) is 0.267. The average molecular weight is 591 g/mol. The number of carbonyl (C=O) groups excluding carboxylic acids is 1. The molecule has 0 aliphatic heterocycles. The number of fused-ring (bicyclic) bond motifs is 1. The van der Waals surface area contributed by atoms with Gasteiger partial charge >= 0.3 is 6.36 Å². The third-order valence-electron chi connectivity index (χ3n) is 6.81. The number of ether oxygens (including phenoxy) is 1. The van der Waals surface area contributed by atoms with Crippen molar-refractivity contribution in [1.29, 1.82) is 0 Å². The molecule has 0 unspecified atom stereocenters. The molecule has 3 aromatic heterocycles. The van der Waals surface area contributed by atoms with E-state index >= 15 is 0 Å². The Bertz CT molecular complexity index is 1820. The first-order chi connectivity index (χ1) is 20.5. The van der Waals surface area contributed by atoms with Gasteiger partial charge in [-0.1, -0.05) is 12.1 Å². The summed E-state index contributed by atoms with van der Waals surface area (Å²) in [6.45, 7) is 1.89. The lowest BCUT2D eigenvalue weighted by molar-refractivity contribution is -0.672. The van der Waals surface area contributed by atoms with Crippen molar-refractivity contribution in [3.05, 3.63) is 119 Å². The summed E-state index contributed by atoms with van der Waals surface area (Å²) in [5, 5.41) is 10.1. The molecule has 5 rings (SSSR count). The molecule has 0 aliphatic carbocycles. The van der Waals surface area contributed by atoms with Gasteiger partial charge in [0.25, 0.3) is 5.56 Å². The van der Waals surface area contributed by atoms with E-state index in [0.29, 0.717) is 11.3 Å². The number of hydrogen-bond donors (Lipinski definition) is 1. The van der Waals surface area contributed by atoms with Crippen LogP contribution in [0.15, 0.2) is 96.2 Å². The van der Waals surface area contributed by atoms with Crippen molar-refractivity contribution in [3.8, 4) is 17.2 Å². The number of carbonyl (C=O) groups is 1. The second-order valence-electron chi connectivity index (χ2n) is 9.95. The number of rotatable bonds is 8. The number of amides is 1. The summed E-state index contributed by atoms with van der Waals surface area (Å²) in [5.41, 5.74) is 1.52. The zero-order chi connectivity index (χ0) is 30.7. The maximum atomic E-state index is 13.9. The summed E-state index contributed by atoms with van der Waals surface area (Å²) < 4.78 is 45.0. The Labute approximate surface area is 244 Å². The molecule has 220 valence electrons. The normalized spacial score (nSPS) is 12.2. The number of alkyl halides is 3. The molecule has 1 amide bonds. The number of aryl methyl sites for hydroxylation is 1. The SMILES string of the molecule is C[C@H](c1nc2ncccc2c(=O)n1-c1ccc(O)cc1)N(Cc1ccc[n+](C)c1)C(=O)Cc1ccc(OC(F)(F)F)cc1. The molecule has 0 aliphatic rings. The van der Waals surface area contributed by atoms with Crippen LogP contribution in [0, 0.1) is 0 Å². The summed E-state index contributed by atoms with van der Waals surface area (Å²) in [6.07, 6.45) is 0.268. The monoisotopic (exact) mass is 590 g/mol. The Hall–Kier alpha value is -5.26. The largest absolute Gasteiger partial charge is 0.573 e. The molecule has 0 spiro atoms. The van der Waals surface area contributed by atoms with Gasteiger partial charge in [-0.25, -0.2) is 14.5 Å². The molecule has 5 aromatic rings. The van der Waals surface area contributed by atoms with E-state index in [9.17, 15) is 27.9 Å². The number of aromatic nitrogens is 4. The van der Waals surface area contributed by atoms with Crippen molar-refractivity contribution in [2.24, 2.45) is 7.05 Å². The van der Waals surface area contributed by atoms with Crippen LogP contribution in [0.4, 0.5) is 13.2 Å². The van der Waals surface area contributed by atoms with Gasteiger partial charge in [-0.2, -0.15) is 0 Å². The van der Waals surface area contributed by atoms with E-state index in [-0.39, 0.29) is 41.5 Å². The van der Waals surface area contributed by atoms with Crippen molar-refractivity contribution < 1.29 is 32.4 Å². The van der Waals surface area contributed by atoms with Gasteiger partial charge in [0, 0.05) is 17.8 Å². The van der Waals surface area contributed by atoms with Gasteiger partial charge in [0.05, 0.1) is 30.1 Å². The molecule has 0 radical (unpaired) electrons. The molecule has 0 bridgehead atoms. The van der Waals surface area contributed by atoms with Gasteiger partial charge in [-0.05, 0) is 67.1 Å². The molecule has 0 saturated heterocycles. The first-order valence-corrected chi connectivity index (χ1v) is 13.2. The topological polar surface area (TPSA) is 101 Å². The maximum absolute atomic E-state index is 13.9. The number of halogens is 3. The van der Waals surface area contributed by atoms with Crippen LogP contribution in [0.1, 0.15) is 29.9 Å². The fourth-order valence-corrected chi connectivity index (χ4v) is 4.77. The standard InChI is InChI=1S/C31H26F3N5O4/c1-20(29-36-28-26(6-3-15-35-28)30(42)39(29)23-9-11-24(40)12-10-23)38(19-22-5-4-16-37(2)18-22)27(41)17-21-7-13-25(14-8-21)43-31(32,33)34/h3-16,18,20H,17,19H2,1-2H3/p+1/t20-/m1/s1. The predicted octanol–water partition coefficient (Wildman–Crippen LogP) is 4.54. The predicted molar refractivity (Wildman–Crippen MR) is 150 cm³/mol. The molecule has 9 nitrogen and oxygen atoms in total. The Morgan fingerprint density at radius 3 is 2.44 bits per heavy atom. The Morgan fingerprint density at radius 2 is 1.77 bits per heavy atom. The molecule has 1 atom stereocenters. The van der Waals surface area contributed by atoms with E-state index in [2.05, 4.69) is 9.72 Å². The Balaban J connectivity index is 1.57. The van der Waals surface area contributed by atoms with Gasteiger partial charge in [-0.15, -0.1) is 13.2 Å². The molecular weight excluding hydrogens is 563 g/mol. The third-order valence-corrected chi connectivity index (χ3v) is 6.81. The van der Waals surface area contributed by atoms with Crippen LogP contribution in [-0.4, -0.2) is 36.8 Å². The summed E-state index contributed by atoms with van der Waals surface area (Å²) in [6, 6.07) is 17.3. The van der Waals surface area contributed by atoms with Crippen LogP contribution < -0.4 is 14.9 Å².